The minimum absolute atomic E-state index is 0.256. The predicted octanol–water partition coefficient (Wildman–Crippen LogP) is 0.580. The van der Waals surface area contributed by atoms with Crippen molar-refractivity contribution in [2.75, 3.05) is 20.2 Å². The topological polar surface area (TPSA) is 107 Å². The molecule has 0 aliphatic carbocycles. The Balaban J connectivity index is 1.37. The number of fused-ring (bicyclic) bond motifs is 2. The van der Waals surface area contributed by atoms with Gasteiger partial charge in [0.25, 0.3) is 0 Å². The molecule has 0 radical (unpaired) electrons. The molecule has 10 nitrogen and oxygen atoms in total. The van der Waals surface area contributed by atoms with Gasteiger partial charge in [0.2, 0.25) is 0 Å². The van der Waals surface area contributed by atoms with Gasteiger partial charge >= 0.3 is 0 Å². The monoisotopic (exact) mass is 397 g/mol. The fourth-order valence-corrected chi connectivity index (χ4v) is 3.51. The quantitative estimate of drug-likeness (QED) is 0.444. The number of aromatic nitrogens is 6. The second-order valence-electron chi connectivity index (χ2n) is 7.00. The minimum atomic E-state index is 0.256. The summed E-state index contributed by atoms with van der Waals surface area (Å²) in [5.74, 6) is 3.49. The fraction of sp³-hybridized carbons (Fsp3) is 0.526. The molecule has 154 valence electrons. The van der Waals surface area contributed by atoms with Crippen molar-refractivity contribution in [2.24, 2.45) is 4.99 Å². The predicted molar refractivity (Wildman–Crippen MR) is 109 cm³/mol. The smallest absolute Gasteiger partial charge is 0.191 e. The van der Waals surface area contributed by atoms with Crippen LogP contribution in [-0.4, -0.2) is 61.6 Å². The van der Waals surface area contributed by atoms with Crippen molar-refractivity contribution < 1.29 is 4.74 Å². The van der Waals surface area contributed by atoms with Gasteiger partial charge in [-0.1, -0.05) is 6.07 Å². The number of pyridine rings is 1. The molecule has 4 rings (SSSR count). The van der Waals surface area contributed by atoms with Gasteiger partial charge in [0, 0.05) is 45.3 Å². The maximum absolute atomic E-state index is 5.14. The van der Waals surface area contributed by atoms with Gasteiger partial charge in [-0.2, -0.15) is 5.10 Å². The van der Waals surface area contributed by atoms with E-state index in [1.165, 1.54) is 0 Å². The number of hydrogen-bond acceptors (Lipinski definition) is 6. The normalized spacial score (nSPS) is 16.8. The fourth-order valence-electron chi connectivity index (χ4n) is 3.51. The lowest BCUT2D eigenvalue weighted by Crippen LogP contribution is -2.47. The van der Waals surface area contributed by atoms with Crippen molar-refractivity contribution in [1.29, 1.82) is 0 Å². The highest BCUT2D eigenvalue weighted by Gasteiger charge is 2.22. The molecule has 1 aliphatic rings. The van der Waals surface area contributed by atoms with Crippen LogP contribution in [0.2, 0.25) is 0 Å². The molecule has 0 saturated carbocycles. The highest BCUT2D eigenvalue weighted by molar-refractivity contribution is 5.80. The molecule has 0 spiro atoms. The molecule has 0 amide bonds. The van der Waals surface area contributed by atoms with Crippen LogP contribution in [0, 0.1) is 0 Å². The number of hydrogen-bond donors (Lipinski definition) is 2. The first-order valence-corrected chi connectivity index (χ1v) is 10.0. The lowest BCUT2D eigenvalue weighted by atomic mass is 10.1. The first-order valence-electron chi connectivity index (χ1n) is 10.0. The van der Waals surface area contributed by atoms with Gasteiger partial charge < -0.3 is 15.4 Å². The zero-order valence-corrected chi connectivity index (χ0v) is 16.9. The summed E-state index contributed by atoms with van der Waals surface area (Å²) in [4.78, 5) is 9.26. The number of ether oxygens (including phenoxy) is 1. The van der Waals surface area contributed by atoms with E-state index in [1.54, 1.807) is 7.11 Å². The molecule has 4 heterocycles. The molecule has 3 aromatic rings. The molecule has 0 aromatic carbocycles. The Hall–Kier alpha value is -3.01. The van der Waals surface area contributed by atoms with Crippen LogP contribution in [0.15, 0.2) is 29.4 Å². The SMILES string of the molecule is CCNC(=NCCc1nnc2ccccn12)NC1CCc2nc(COC)nn2C1. The van der Waals surface area contributed by atoms with E-state index in [0.29, 0.717) is 13.2 Å². The molecule has 29 heavy (non-hydrogen) atoms. The number of methoxy groups -OCH3 is 1. The van der Waals surface area contributed by atoms with E-state index in [2.05, 4.69) is 37.8 Å². The van der Waals surface area contributed by atoms with E-state index in [0.717, 1.165) is 61.4 Å². The molecule has 1 atom stereocenters. The second kappa shape index (κ2) is 8.99. The van der Waals surface area contributed by atoms with E-state index >= 15 is 0 Å². The van der Waals surface area contributed by atoms with Gasteiger partial charge in [-0.25, -0.2) is 9.67 Å². The Morgan fingerprint density at radius 1 is 1.34 bits per heavy atom. The molecule has 1 unspecified atom stereocenters. The maximum atomic E-state index is 5.14. The lowest BCUT2D eigenvalue weighted by molar-refractivity contribution is 0.177. The molecular weight excluding hydrogens is 370 g/mol. The van der Waals surface area contributed by atoms with E-state index in [1.807, 2.05) is 33.5 Å². The third kappa shape index (κ3) is 4.53. The summed E-state index contributed by atoms with van der Waals surface area (Å²) in [5, 5.41) is 19.9. The molecule has 1 aliphatic heterocycles. The highest BCUT2D eigenvalue weighted by Crippen LogP contribution is 2.13. The van der Waals surface area contributed by atoms with Crippen LogP contribution in [0.3, 0.4) is 0 Å². The summed E-state index contributed by atoms with van der Waals surface area (Å²) in [7, 11) is 1.66. The Labute approximate surface area is 169 Å². The summed E-state index contributed by atoms with van der Waals surface area (Å²) >= 11 is 0. The Kier molecular flexibility index (Phi) is 5.99. The molecular formula is C19H27N9O. The summed E-state index contributed by atoms with van der Waals surface area (Å²) in [6, 6.07) is 6.15. The molecule has 10 heteroatoms. The van der Waals surface area contributed by atoms with Crippen LogP contribution in [0.1, 0.15) is 30.8 Å². The average Bonchev–Trinajstić information content (AvgIpc) is 3.32. The van der Waals surface area contributed by atoms with E-state index in [4.69, 9.17) is 9.73 Å². The number of rotatable bonds is 7. The minimum Gasteiger partial charge on any atom is -0.377 e. The Morgan fingerprint density at radius 2 is 2.28 bits per heavy atom. The Bertz CT molecular complexity index is 977. The standard InChI is InChI=1S/C19H27N9O/c1-3-20-19(21-10-9-18-25-24-17-6-4-5-11-27(17)18)22-14-7-8-16-23-15(13-29-2)26-28(16)12-14/h4-6,11,14H,3,7-10,12-13H2,1-2H3,(H2,20,21,22). The van der Waals surface area contributed by atoms with Gasteiger partial charge in [-0.3, -0.25) is 9.39 Å². The van der Waals surface area contributed by atoms with Gasteiger partial charge in [-0.05, 0) is 25.5 Å². The summed E-state index contributed by atoms with van der Waals surface area (Å²) in [5.41, 5.74) is 0.857. The van der Waals surface area contributed by atoms with Crippen molar-refractivity contribution in [3.8, 4) is 0 Å². The lowest BCUT2D eigenvalue weighted by Gasteiger charge is -2.25. The maximum Gasteiger partial charge on any atom is 0.191 e. The first kappa shape index (κ1) is 19.3. The van der Waals surface area contributed by atoms with Crippen LogP contribution < -0.4 is 10.6 Å². The zero-order valence-electron chi connectivity index (χ0n) is 16.9. The third-order valence-electron chi connectivity index (χ3n) is 4.85. The second-order valence-corrected chi connectivity index (χ2v) is 7.00. The van der Waals surface area contributed by atoms with Crippen LogP contribution in [0.5, 0.6) is 0 Å². The van der Waals surface area contributed by atoms with Gasteiger partial charge in [0.15, 0.2) is 17.4 Å². The van der Waals surface area contributed by atoms with Gasteiger partial charge in [0.05, 0.1) is 6.54 Å². The molecule has 0 fully saturated rings. The van der Waals surface area contributed by atoms with Gasteiger partial charge in [-0.15, -0.1) is 10.2 Å². The van der Waals surface area contributed by atoms with Crippen molar-refractivity contribution in [2.45, 2.75) is 45.4 Å². The van der Waals surface area contributed by atoms with Crippen LogP contribution in [-0.2, 0) is 30.7 Å². The van der Waals surface area contributed by atoms with E-state index in [9.17, 15) is 0 Å². The molecule has 3 aromatic heterocycles. The summed E-state index contributed by atoms with van der Waals surface area (Å²) < 4.78 is 9.11. The highest BCUT2D eigenvalue weighted by atomic mass is 16.5. The van der Waals surface area contributed by atoms with Crippen molar-refractivity contribution in [1.82, 2.24) is 40.0 Å². The number of aliphatic imine (C=N–C) groups is 1. The van der Waals surface area contributed by atoms with E-state index < -0.39 is 0 Å². The first-order chi connectivity index (χ1) is 14.3. The van der Waals surface area contributed by atoms with Crippen LogP contribution >= 0.6 is 0 Å². The number of nitrogens with zero attached hydrogens (tertiary/aromatic N) is 7. The largest absolute Gasteiger partial charge is 0.377 e. The third-order valence-corrected chi connectivity index (χ3v) is 4.85. The van der Waals surface area contributed by atoms with Crippen molar-refractivity contribution in [3.63, 3.8) is 0 Å². The number of aryl methyl sites for hydroxylation is 1. The molecule has 0 saturated heterocycles. The molecule has 2 N–H and O–H groups in total. The van der Waals surface area contributed by atoms with Crippen LogP contribution in [0.4, 0.5) is 0 Å². The van der Waals surface area contributed by atoms with Crippen molar-refractivity contribution >= 4 is 11.6 Å². The summed E-state index contributed by atoms with van der Waals surface area (Å²) in [6.07, 6.45) is 4.58. The zero-order chi connectivity index (χ0) is 20.1. The van der Waals surface area contributed by atoms with Gasteiger partial charge in [0.1, 0.15) is 18.3 Å². The van der Waals surface area contributed by atoms with Crippen molar-refractivity contribution in [3.05, 3.63) is 41.9 Å². The summed E-state index contributed by atoms with van der Waals surface area (Å²) in [6.45, 7) is 4.71. The molecule has 0 bridgehead atoms. The number of nitrogens with one attached hydrogen (secondary N) is 2. The average molecular weight is 397 g/mol. The van der Waals surface area contributed by atoms with Crippen LogP contribution in [0.25, 0.3) is 5.65 Å². The van der Waals surface area contributed by atoms with E-state index in [-0.39, 0.29) is 6.04 Å². The number of guanidine groups is 1. The Morgan fingerprint density at radius 3 is 3.14 bits per heavy atom.